The van der Waals surface area contributed by atoms with E-state index in [1.165, 1.54) is 305 Å². The standard InChI is InChI=1S/C80H86N4/c1-75(29-21-22-30-75)53-45-55-63-59(49-81-73-67(63)77(33-13-5-14-34-77)41-43-79(73)37-17-7-18-38-79)83-69(55)57(47-53)65-61(51-25-9-3-10-26-51)72-66(62(71(65)83)52-27-11-4-12-28-52)58-48-54(76(2)31-23-24-32-76)46-56-64-60(84(72)70(56)58)50-82-74-68(64)78(35-15-6-16-36-78)42-44-80(74)39-19-8-20-40-80/h3-4,9-12,25-28,45-50H,5-8,13-24,29-44H2,1-2H3. The molecule has 5 aromatic carbocycles. The van der Waals surface area contributed by atoms with Gasteiger partial charge in [-0.2, -0.15) is 0 Å². The average Bonchev–Trinajstić information content (AvgIpc) is 1.49. The second kappa shape index (κ2) is 17.8. The molecule has 6 saturated carbocycles. The van der Waals surface area contributed by atoms with Gasteiger partial charge in [-0.1, -0.05) is 177 Å². The van der Waals surface area contributed by atoms with E-state index in [2.05, 4.69) is 120 Å². The molecule has 19 rings (SSSR count). The Morgan fingerprint density at radius 1 is 0.321 bits per heavy atom. The molecule has 0 unspecified atom stereocenters. The third-order valence-corrected chi connectivity index (χ3v) is 26.6. The molecule has 0 saturated heterocycles. The molecule has 0 N–H and O–H groups in total. The Morgan fingerprint density at radius 2 is 0.631 bits per heavy atom. The molecule has 8 aliphatic rings. The monoisotopic (exact) mass is 1100 g/mol. The molecule has 6 heterocycles. The summed E-state index contributed by atoms with van der Waals surface area (Å²) >= 11 is 0. The van der Waals surface area contributed by atoms with Crippen molar-refractivity contribution in [2.24, 2.45) is 0 Å². The molecule has 4 nitrogen and oxygen atoms in total. The van der Waals surface area contributed by atoms with Crippen molar-refractivity contribution in [3.8, 4) is 22.3 Å². The number of benzene rings is 5. The number of hydrogen-bond donors (Lipinski definition) is 0. The van der Waals surface area contributed by atoms with E-state index < -0.39 is 0 Å². The van der Waals surface area contributed by atoms with Crippen LogP contribution in [-0.4, -0.2) is 18.8 Å². The van der Waals surface area contributed by atoms with E-state index >= 15 is 0 Å². The molecule has 4 spiro atoms. The fourth-order valence-corrected chi connectivity index (χ4v) is 22.3. The van der Waals surface area contributed by atoms with Gasteiger partial charge in [0.2, 0.25) is 0 Å². The fourth-order valence-electron chi connectivity index (χ4n) is 22.3. The minimum Gasteiger partial charge on any atom is -0.306 e. The van der Waals surface area contributed by atoms with Crippen LogP contribution in [0.2, 0.25) is 0 Å². The first-order chi connectivity index (χ1) is 41.3. The molecule has 0 atom stereocenters. The zero-order chi connectivity index (χ0) is 55.4. The van der Waals surface area contributed by atoms with E-state index in [4.69, 9.17) is 9.97 Å². The largest absolute Gasteiger partial charge is 0.306 e. The molecule has 0 aliphatic heterocycles. The van der Waals surface area contributed by atoms with Gasteiger partial charge in [0, 0.05) is 65.0 Å². The molecule has 6 fully saturated rings. The zero-order valence-electron chi connectivity index (χ0n) is 50.7. The molecule has 0 bridgehead atoms. The van der Waals surface area contributed by atoms with Crippen molar-refractivity contribution in [2.45, 2.75) is 252 Å². The van der Waals surface area contributed by atoms with Gasteiger partial charge in [0.1, 0.15) is 0 Å². The normalized spacial score (nSPS) is 23.4. The second-order valence-corrected chi connectivity index (χ2v) is 30.8. The summed E-state index contributed by atoms with van der Waals surface area (Å²) in [6.45, 7) is 5.28. The number of nitrogens with zero attached hydrogens (tertiary/aromatic N) is 4. The highest BCUT2D eigenvalue weighted by Crippen LogP contribution is 2.64. The van der Waals surface area contributed by atoms with E-state index in [0.717, 1.165) is 0 Å². The van der Waals surface area contributed by atoms with Crippen LogP contribution in [0.1, 0.15) is 253 Å². The van der Waals surface area contributed by atoms with E-state index in [9.17, 15) is 0 Å². The minimum absolute atomic E-state index is 0.120. The van der Waals surface area contributed by atoms with Gasteiger partial charge in [0.25, 0.3) is 0 Å². The summed E-state index contributed by atoms with van der Waals surface area (Å²) in [4.78, 5) is 12.1. The fraction of sp³-hybridized carbons (Fsp3) is 0.500. The van der Waals surface area contributed by atoms with E-state index in [1.54, 1.807) is 33.0 Å². The molecule has 0 radical (unpaired) electrons. The van der Waals surface area contributed by atoms with Crippen LogP contribution in [0.5, 0.6) is 0 Å². The quantitative estimate of drug-likeness (QED) is 0.176. The van der Waals surface area contributed by atoms with Crippen molar-refractivity contribution in [3.05, 3.63) is 131 Å². The number of rotatable bonds is 4. The first kappa shape index (κ1) is 50.2. The maximum atomic E-state index is 6.07. The van der Waals surface area contributed by atoms with Crippen LogP contribution in [-0.2, 0) is 32.5 Å². The summed E-state index contributed by atoms with van der Waals surface area (Å²) in [5, 5.41) is 12.0. The number of aromatic nitrogens is 4. The molecule has 426 valence electrons. The number of hydrogen-bond acceptors (Lipinski definition) is 2. The van der Waals surface area contributed by atoms with Gasteiger partial charge in [-0.05, 0) is 182 Å². The van der Waals surface area contributed by atoms with Gasteiger partial charge in [-0.15, -0.1) is 0 Å². The van der Waals surface area contributed by atoms with Crippen LogP contribution in [0.15, 0.2) is 97.3 Å². The highest BCUT2D eigenvalue weighted by Gasteiger charge is 2.52. The lowest BCUT2D eigenvalue weighted by atomic mass is 9.54. The Kier molecular flexibility index (Phi) is 10.6. The van der Waals surface area contributed by atoms with Crippen molar-refractivity contribution < 1.29 is 0 Å². The molecular weight excluding hydrogens is 1020 g/mol. The van der Waals surface area contributed by atoms with Crippen LogP contribution in [0.3, 0.4) is 0 Å². The van der Waals surface area contributed by atoms with Crippen LogP contribution < -0.4 is 0 Å². The molecule has 8 aliphatic carbocycles. The van der Waals surface area contributed by atoms with Crippen LogP contribution in [0.25, 0.3) is 98.4 Å². The Labute approximate surface area is 497 Å². The number of pyridine rings is 2. The summed E-state index contributed by atoms with van der Waals surface area (Å²) in [5.41, 5.74) is 24.4. The molecule has 0 amide bonds. The van der Waals surface area contributed by atoms with Crippen LogP contribution >= 0.6 is 0 Å². The predicted molar refractivity (Wildman–Crippen MR) is 351 cm³/mol. The van der Waals surface area contributed by atoms with Crippen molar-refractivity contribution in [3.63, 3.8) is 0 Å². The predicted octanol–water partition coefficient (Wildman–Crippen LogP) is 22.2. The van der Waals surface area contributed by atoms with Crippen molar-refractivity contribution in [1.82, 2.24) is 18.8 Å². The Hall–Kier alpha value is -6.00. The summed E-state index contributed by atoms with van der Waals surface area (Å²) in [6, 6.07) is 34.9. The maximum absolute atomic E-state index is 6.07. The van der Waals surface area contributed by atoms with Gasteiger partial charge < -0.3 is 8.80 Å². The lowest BCUT2D eigenvalue weighted by molar-refractivity contribution is 0.172. The SMILES string of the molecule is CC1(c2cc3c4c5c(ncc4n4c6c(-c7ccccc7)c7c8cc(C9(C)CCCC9)cc9c%10c%11c(ncc%10n(c7c(-c7ccccc7)c6c(c2)c34)c98)C2(CCCCC2)CCC%112CCCCC2)C2(CCCCC2)CCC52CCCCC2)CCCC1. The zero-order valence-corrected chi connectivity index (χ0v) is 50.7. The third kappa shape index (κ3) is 6.52. The molecular formula is C80H86N4. The highest BCUT2D eigenvalue weighted by atomic mass is 15.0. The second-order valence-electron chi connectivity index (χ2n) is 30.8. The topological polar surface area (TPSA) is 34.6 Å². The molecule has 84 heavy (non-hydrogen) atoms. The Bertz CT molecular complexity index is 4180. The van der Waals surface area contributed by atoms with Gasteiger partial charge in [-0.25, -0.2) is 0 Å². The van der Waals surface area contributed by atoms with Crippen LogP contribution in [0, 0.1) is 0 Å². The van der Waals surface area contributed by atoms with Crippen LogP contribution in [0.4, 0.5) is 0 Å². The summed E-state index contributed by atoms with van der Waals surface area (Å²) < 4.78 is 5.74. The summed E-state index contributed by atoms with van der Waals surface area (Å²) in [5.74, 6) is 0. The minimum atomic E-state index is 0.120. The smallest absolute Gasteiger partial charge is 0.0728 e. The van der Waals surface area contributed by atoms with Crippen molar-refractivity contribution >= 4 is 76.2 Å². The van der Waals surface area contributed by atoms with Gasteiger partial charge in [-0.3, -0.25) is 9.97 Å². The highest BCUT2D eigenvalue weighted by molar-refractivity contribution is 6.38. The Balaban J connectivity index is 1.06. The summed E-state index contributed by atoms with van der Waals surface area (Å²) in [7, 11) is 0. The van der Waals surface area contributed by atoms with E-state index in [1.807, 2.05) is 0 Å². The molecule has 6 aromatic heterocycles. The van der Waals surface area contributed by atoms with E-state index in [-0.39, 0.29) is 32.5 Å². The first-order valence-corrected chi connectivity index (χ1v) is 34.7. The Morgan fingerprint density at radius 3 is 0.988 bits per heavy atom. The van der Waals surface area contributed by atoms with E-state index in [0.29, 0.717) is 0 Å². The van der Waals surface area contributed by atoms with Gasteiger partial charge >= 0.3 is 0 Å². The van der Waals surface area contributed by atoms with Crippen molar-refractivity contribution in [2.75, 3.05) is 0 Å². The molecule has 11 aromatic rings. The molecule has 4 heteroatoms. The average molecular weight is 1100 g/mol. The van der Waals surface area contributed by atoms with Gasteiger partial charge in [0.15, 0.2) is 0 Å². The number of fused-ring (bicyclic) bond motifs is 20. The van der Waals surface area contributed by atoms with Crippen molar-refractivity contribution in [1.29, 1.82) is 0 Å². The first-order valence-electron chi connectivity index (χ1n) is 34.7. The lowest BCUT2D eigenvalue weighted by Crippen LogP contribution is -2.43. The van der Waals surface area contributed by atoms with Gasteiger partial charge in [0.05, 0.1) is 56.9 Å². The maximum Gasteiger partial charge on any atom is 0.0728 e. The third-order valence-electron chi connectivity index (χ3n) is 26.6. The summed E-state index contributed by atoms with van der Waals surface area (Å²) in [6.07, 6.45) is 47.1. The lowest BCUT2D eigenvalue weighted by Gasteiger charge is -2.50.